The van der Waals surface area contributed by atoms with E-state index in [-0.39, 0.29) is 17.9 Å². The Hall–Kier alpha value is -2.76. The topological polar surface area (TPSA) is 60.3 Å². The zero-order chi connectivity index (χ0) is 20.1. The molecule has 0 unspecified atom stereocenters. The molecule has 0 saturated carbocycles. The number of nitrogens with one attached hydrogen (secondary N) is 1. The van der Waals surface area contributed by atoms with Crippen LogP contribution in [-0.4, -0.2) is 17.6 Å². The highest BCUT2D eigenvalue weighted by atomic mass is 35.5. The Morgan fingerprint density at radius 2 is 1.86 bits per heavy atom. The standard InChI is InChI=1S/C21H18Cl2N2O3/c1-28-19-8-6-16(22)10-15(19)11-20(26)24-17-7-9-21(27)25(13-17)12-14-4-2-3-5-18(14)23/h2-10,13H,11-12H2,1H3,(H,24,26). The fourth-order valence-corrected chi connectivity index (χ4v) is 3.19. The Kier molecular flexibility index (Phi) is 6.39. The molecule has 0 saturated heterocycles. The van der Waals surface area contributed by atoms with Crippen LogP contribution in [0.4, 0.5) is 5.69 Å². The highest BCUT2D eigenvalue weighted by molar-refractivity contribution is 6.31. The van der Waals surface area contributed by atoms with Crippen molar-refractivity contribution >= 4 is 34.8 Å². The van der Waals surface area contributed by atoms with Gasteiger partial charge in [0, 0.05) is 27.9 Å². The summed E-state index contributed by atoms with van der Waals surface area (Å²) in [6.45, 7) is 0.310. The molecule has 1 heterocycles. The number of aromatic nitrogens is 1. The second kappa shape index (κ2) is 8.95. The van der Waals surface area contributed by atoms with Crippen LogP contribution < -0.4 is 15.6 Å². The van der Waals surface area contributed by atoms with Gasteiger partial charge in [0.25, 0.3) is 5.56 Å². The Morgan fingerprint density at radius 1 is 1.07 bits per heavy atom. The summed E-state index contributed by atoms with van der Waals surface area (Å²) in [4.78, 5) is 24.6. The highest BCUT2D eigenvalue weighted by Crippen LogP contribution is 2.23. The van der Waals surface area contributed by atoms with Crippen LogP contribution >= 0.6 is 23.2 Å². The summed E-state index contributed by atoms with van der Waals surface area (Å²) in [5.74, 6) is 0.340. The maximum absolute atomic E-state index is 12.5. The zero-order valence-corrected chi connectivity index (χ0v) is 16.6. The lowest BCUT2D eigenvalue weighted by molar-refractivity contribution is -0.115. The van der Waals surface area contributed by atoms with E-state index in [9.17, 15) is 9.59 Å². The first-order valence-corrected chi connectivity index (χ1v) is 9.28. The lowest BCUT2D eigenvalue weighted by atomic mass is 10.1. The van der Waals surface area contributed by atoms with Gasteiger partial charge in [0.1, 0.15) is 5.75 Å². The van der Waals surface area contributed by atoms with Crippen LogP contribution in [0.5, 0.6) is 5.75 Å². The Balaban J connectivity index is 1.76. The number of hydrogen-bond acceptors (Lipinski definition) is 3. The molecular formula is C21H18Cl2N2O3. The number of carbonyl (C=O) groups is 1. The maximum atomic E-state index is 12.5. The number of benzene rings is 2. The maximum Gasteiger partial charge on any atom is 0.250 e. The van der Waals surface area contributed by atoms with E-state index in [1.54, 1.807) is 36.5 Å². The number of pyridine rings is 1. The van der Waals surface area contributed by atoms with Crippen molar-refractivity contribution in [3.8, 4) is 5.75 Å². The number of nitrogens with zero attached hydrogens (tertiary/aromatic N) is 1. The molecular weight excluding hydrogens is 399 g/mol. The summed E-state index contributed by atoms with van der Waals surface area (Å²) < 4.78 is 6.76. The summed E-state index contributed by atoms with van der Waals surface area (Å²) in [5.41, 5.74) is 1.82. The molecule has 2 aromatic carbocycles. The van der Waals surface area contributed by atoms with Gasteiger partial charge in [0.15, 0.2) is 0 Å². The van der Waals surface area contributed by atoms with Gasteiger partial charge in [-0.15, -0.1) is 0 Å². The number of carbonyl (C=O) groups excluding carboxylic acids is 1. The predicted molar refractivity (Wildman–Crippen MR) is 112 cm³/mol. The van der Waals surface area contributed by atoms with E-state index in [0.29, 0.717) is 33.6 Å². The molecule has 0 bridgehead atoms. The SMILES string of the molecule is COc1ccc(Cl)cc1CC(=O)Nc1ccc(=O)n(Cc2ccccc2Cl)c1. The van der Waals surface area contributed by atoms with Crippen molar-refractivity contribution in [2.75, 3.05) is 12.4 Å². The van der Waals surface area contributed by atoms with Crippen molar-refractivity contribution in [3.63, 3.8) is 0 Å². The summed E-state index contributed by atoms with van der Waals surface area (Å²) in [5, 5.41) is 3.90. The first-order chi connectivity index (χ1) is 13.5. The average molecular weight is 417 g/mol. The minimum Gasteiger partial charge on any atom is -0.496 e. The molecule has 0 aliphatic heterocycles. The molecule has 144 valence electrons. The number of ether oxygens (including phenoxy) is 1. The minimum atomic E-state index is -0.247. The number of hydrogen-bond donors (Lipinski definition) is 1. The highest BCUT2D eigenvalue weighted by Gasteiger charge is 2.11. The number of halogens is 2. The van der Waals surface area contributed by atoms with Gasteiger partial charge in [-0.2, -0.15) is 0 Å². The van der Waals surface area contributed by atoms with E-state index < -0.39 is 0 Å². The fraction of sp³-hybridized carbons (Fsp3) is 0.143. The van der Waals surface area contributed by atoms with E-state index in [1.165, 1.54) is 17.7 Å². The van der Waals surface area contributed by atoms with Crippen molar-refractivity contribution in [3.05, 3.63) is 92.3 Å². The Bertz CT molecular complexity index is 1060. The molecule has 0 fully saturated rings. The summed E-state index contributed by atoms with van der Waals surface area (Å²) >= 11 is 12.2. The van der Waals surface area contributed by atoms with Crippen LogP contribution in [0.2, 0.25) is 10.0 Å². The third-order valence-electron chi connectivity index (χ3n) is 4.16. The third-order valence-corrected chi connectivity index (χ3v) is 4.76. The van der Waals surface area contributed by atoms with Crippen LogP contribution in [0.3, 0.4) is 0 Å². The van der Waals surface area contributed by atoms with Gasteiger partial charge in [-0.3, -0.25) is 9.59 Å². The van der Waals surface area contributed by atoms with E-state index in [1.807, 2.05) is 18.2 Å². The average Bonchev–Trinajstić information content (AvgIpc) is 2.66. The normalized spacial score (nSPS) is 10.5. The summed E-state index contributed by atoms with van der Waals surface area (Å²) in [6.07, 6.45) is 1.69. The van der Waals surface area contributed by atoms with E-state index in [2.05, 4.69) is 5.32 Å². The molecule has 5 nitrogen and oxygen atoms in total. The molecule has 28 heavy (non-hydrogen) atoms. The van der Waals surface area contributed by atoms with Gasteiger partial charge in [-0.25, -0.2) is 0 Å². The van der Waals surface area contributed by atoms with E-state index >= 15 is 0 Å². The number of rotatable bonds is 6. The van der Waals surface area contributed by atoms with Crippen LogP contribution in [0.25, 0.3) is 0 Å². The van der Waals surface area contributed by atoms with Crippen molar-refractivity contribution in [1.82, 2.24) is 4.57 Å². The number of methoxy groups -OCH3 is 1. The molecule has 0 aliphatic carbocycles. The van der Waals surface area contributed by atoms with Gasteiger partial charge in [0.2, 0.25) is 5.91 Å². The lowest BCUT2D eigenvalue weighted by Gasteiger charge is -2.12. The second-order valence-electron chi connectivity index (χ2n) is 6.16. The summed E-state index contributed by atoms with van der Waals surface area (Å²) in [6, 6.07) is 15.4. The molecule has 0 aliphatic rings. The third kappa shape index (κ3) is 4.94. The van der Waals surface area contributed by atoms with E-state index in [4.69, 9.17) is 27.9 Å². The zero-order valence-electron chi connectivity index (χ0n) is 15.1. The molecule has 0 spiro atoms. The van der Waals surface area contributed by atoms with Gasteiger partial charge < -0.3 is 14.6 Å². The Labute approximate surface area is 172 Å². The molecule has 0 atom stereocenters. The van der Waals surface area contributed by atoms with Crippen molar-refractivity contribution in [1.29, 1.82) is 0 Å². The van der Waals surface area contributed by atoms with Gasteiger partial charge >= 0.3 is 0 Å². The number of anilines is 1. The second-order valence-corrected chi connectivity index (χ2v) is 7.00. The first-order valence-electron chi connectivity index (χ1n) is 8.52. The molecule has 3 rings (SSSR count). The predicted octanol–water partition coefficient (Wildman–Crippen LogP) is 4.39. The quantitative estimate of drug-likeness (QED) is 0.647. The fourth-order valence-electron chi connectivity index (χ4n) is 2.80. The monoisotopic (exact) mass is 416 g/mol. The van der Waals surface area contributed by atoms with Crippen LogP contribution in [0, 0.1) is 0 Å². The van der Waals surface area contributed by atoms with Crippen molar-refractivity contribution < 1.29 is 9.53 Å². The molecule has 1 N–H and O–H groups in total. The smallest absolute Gasteiger partial charge is 0.250 e. The molecule has 7 heteroatoms. The largest absolute Gasteiger partial charge is 0.496 e. The molecule has 1 aromatic heterocycles. The van der Waals surface area contributed by atoms with Crippen LogP contribution in [0.15, 0.2) is 65.6 Å². The summed E-state index contributed by atoms with van der Waals surface area (Å²) in [7, 11) is 1.54. The molecule has 3 aromatic rings. The van der Waals surface area contributed by atoms with Gasteiger partial charge in [-0.1, -0.05) is 41.4 Å². The van der Waals surface area contributed by atoms with Crippen molar-refractivity contribution in [2.45, 2.75) is 13.0 Å². The van der Waals surface area contributed by atoms with Gasteiger partial charge in [0.05, 0.1) is 25.8 Å². The van der Waals surface area contributed by atoms with Gasteiger partial charge in [-0.05, 0) is 35.9 Å². The minimum absolute atomic E-state index is 0.0906. The molecule has 1 amide bonds. The number of amides is 1. The van der Waals surface area contributed by atoms with Crippen LogP contribution in [0.1, 0.15) is 11.1 Å². The first kappa shape index (κ1) is 20.0. The van der Waals surface area contributed by atoms with Crippen LogP contribution in [-0.2, 0) is 17.8 Å². The Morgan fingerprint density at radius 3 is 2.61 bits per heavy atom. The van der Waals surface area contributed by atoms with Crippen molar-refractivity contribution in [2.24, 2.45) is 0 Å². The molecule has 0 radical (unpaired) electrons. The van der Waals surface area contributed by atoms with E-state index in [0.717, 1.165) is 5.56 Å². The lowest BCUT2D eigenvalue weighted by Crippen LogP contribution is -2.22.